The van der Waals surface area contributed by atoms with Gasteiger partial charge in [-0.05, 0) is 29.2 Å². The molecule has 0 aliphatic carbocycles. The SMILES string of the molecule is COc1ccccc1-c1ccccc1CN1C[C@H](c2ccccc2)[C@H]2COCC[C@H]21. The second-order valence-electron chi connectivity index (χ2n) is 8.40. The highest BCUT2D eigenvalue weighted by Gasteiger charge is 2.43. The van der Waals surface area contributed by atoms with Crippen LogP contribution in [0.4, 0.5) is 0 Å². The van der Waals surface area contributed by atoms with Gasteiger partial charge in [0, 0.05) is 43.1 Å². The molecule has 2 saturated heterocycles. The van der Waals surface area contributed by atoms with E-state index in [0.29, 0.717) is 17.9 Å². The van der Waals surface area contributed by atoms with Crippen LogP contribution in [0, 0.1) is 5.92 Å². The summed E-state index contributed by atoms with van der Waals surface area (Å²) in [5, 5.41) is 0. The Labute approximate surface area is 179 Å². The molecule has 5 rings (SSSR count). The third-order valence-electron chi connectivity index (χ3n) is 6.80. The van der Waals surface area contributed by atoms with Gasteiger partial charge in [0.2, 0.25) is 0 Å². The van der Waals surface area contributed by atoms with E-state index >= 15 is 0 Å². The van der Waals surface area contributed by atoms with Crippen LogP contribution in [0.25, 0.3) is 11.1 Å². The fourth-order valence-corrected chi connectivity index (χ4v) is 5.35. The number of benzene rings is 3. The second kappa shape index (κ2) is 8.63. The van der Waals surface area contributed by atoms with Crippen LogP contribution in [-0.4, -0.2) is 37.8 Å². The van der Waals surface area contributed by atoms with Gasteiger partial charge in [-0.1, -0.05) is 72.8 Å². The number of para-hydroxylation sites is 1. The number of hydrogen-bond acceptors (Lipinski definition) is 3. The highest BCUT2D eigenvalue weighted by molar-refractivity contribution is 5.73. The van der Waals surface area contributed by atoms with Crippen molar-refractivity contribution in [2.75, 3.05) is 26.9 Å². The summed E-state index contributed by atoms with van der Waals surface area (Å²) in [5.74, 6) is 2.03. The van der Waals surface area contributed by atoms with E-state index in [4.69, 9.17) is 9.47 Å². The number of methoxy groups -OCH3 is 1. The molecule has 0 spiro atoms. The summed E-state index contributed by atoms with van der Waals surface area (Å²) in [6.45, 7) is 3.78. The highest BCUT2D eigenvalue weighted by Crippen LogP contribution is 2.42. The minimum absolute atomic E-state index is 0.537. The molecule has 0 aromatic heterocycles. The number of hydrogen-bond donors (Lipinski definition) is 0. The van der Waals surface area contributed by atoms with Crippen molar-refractivity contribution in [1.82, 2.24) is 4.90 Å². The Morgan fingerprint density at radius 1 is 0.900 bits per heavy atom. The Hall–Kier alpha value is -2.62. The standard InChI is InChI=1S/C27H29NO2/c1-29-27-14-8-7-13-23(27)22-12-6-5-11-21(22)17-28-18-24(20-9-3-2-4-10-20)25-19-30-16-15-26(25)28/h2-14,24-26H,15-19H2,1H3/t24-,25-,26-/m1/s1. The molecule has 2 aliphatic heterocycles. The molecule has 3 heteroatoms. The van der Waals surface area contributed by atoms with Crippen LogP contribution in [-0.2, 0) is 11.3 Å². The lowest BCUT2D eigenvalue weighted by molar-refractivity contribution is 0.0178. The van der Waals surface area contributed by atoms with Crippen molar-refractivity contribution in [2.45, 2.75) is 24.9 Å². The van der Waals surface area contributed by atoms with Crippen molar-refractivity contribution in [3.63, 3.8) is 0 Å². The van der Waals surface area contributed by atoms with E-state index < -0.39 is 0 Å². The summed E-state index contributed by atoms with van der Waals surface area (Å²) in [7, 11) is 1.75. The van der Waals surface area contributed by atoms with Crippen LogP contribution in [0.2, 0.25) is 0 Å². The minimum Gasteiger partial charge on any atom is -0.496 e. The molecular formula is C27H29NO2. The van der Waals surface area contributed by atoms with Crippen molar-refractivity contribution in [3.8, 4) is 16.9 Å². The highest BCUT2D eigenvalue weighted by atomic mass is 16.5. The van der Waals surface area contributed by atoms with E-state index in [1.54, 1.807) is 7.11 Å². The molecule has 0 unspecified atom stereocenters. The molecule has 0 bridgehead atoms. The molecule has 0 radical (unpaired) electrons. The van der Waals surface area contributed by atoms with Crippen LogP contribution >= 0.6 is 0 Å². The van der Waals surface area contributed by atoms with Gasteiger partial charge in [0.1, 0.15) is 5.75 Å². The van der Waals surface area contributed by atoms with Crippen molar-refractivity contribution < 1.29 is 9.47 Å². The van der Waals surface area contributed by atoms with Crippen LogP contribution < -0.4 is 4.74 Å². The molecule has 3 atom stereocenters. The topological polar surface area (TPSA) is 21.7 Å². The maximum absolute atomic E-state index is 5.91. The Bertz CT molecular complexity index is 987. The van der Waals surface area contributed by atoms with Gasteiger partial charge < -0.3 is 9.47 Å². The van der Waals surface area contributed by atoms with Crippen LogP contribution in [0.15, 0.2) is 78.9 Å². The van der Waals surface area contributed by atoms with Gasteiger partial charge in [0.25, 0.3) is 0 Å². The quantitative estimate of drug-likeness (QED) is 0.576. The first-order valence-corrected chi connectivity index (χ1v) is 10.9. The predicted octanol–water partition coefficient (Wildman–Crippen LogP) is 5.37. The van der Waals surface area contributed by atoms with Gasteiger partial charge in [-0.3, -0.25) is 4.90 Å². The summed E-state index contributed by atoms with van der Waals surface area (Å²) in [5.41, 5.74) is 5.24. The third kappa shape index (κ3) is 3.64. The monoisotopic (exact) mass is 399 g/mol. The van der Waals surface area contributed by atoms with E-state index in [1.165, 1.54) is 16.7 Å². The first-order valence-electron chi connectivity index (χ1n) is 10.9. The zero-order chi connectivity index (χ0) is 20.3. The number of nitrogens with zero attached hydrogens (tertiary/aromatic N) is 1. The summed E-state index contributed by atoms with van der Waals surface area (Å²) in [4.78, 5) is 2.69. The van der Waals surface area contributed by atoms with Gasteiger partial charge >= 0.3 is 0 Å². The van der Waals surface area contributed by atoms with E-state index in [0.717, 1.165) is 44.0 Å². The third-order valence-corrected chi connectivity index (χ3v) is 6.80. The summed E-state index contributed by atoms with van der Waals surface area (Å²) in [6.07, 6.45) is 1.12. The molecule has 0 amide bonds. The minimum atomic E-state index is 0.537. The molecule has 0 N–H and O–H groups in total. The maximum atomic E-state index is 5.91. The average Bonchev–Trinajstić information content (AvgIpc) is 3.18. The normalized spacial score (nSPS) is 23.8. The predicted molar refractivity (Wildman–Crippen MR) is 121 cm³/mol. The smallest absolute Gasteiger partial charge is 0.126 e. The molecular weight excluding hydrogens is 370 g/mol. The van der Waals surface area contributed by atoms with Crippen LogP contribution in [0.5, 0.6) is 5.75 Å². The molecule has 0 saturated carbocycles. The zero-order valence-electron chi connectivity index (χ0n) is 17.5. The van der Waals surface area contributed by atoms with Crippen molar-refractivity contribution in [3.05, 3.63) is 90.0 Å². The molecule has 3 nitrogen and oxygen atoms in total. The lowest BCUT2D eigenvalue weighted by Gasteiger charge is -2.33. The van der Waals surface area contributed by atoms with Crippen molar-refractivity contribution >= 4 is 0 Å². The summed E-state index contributed by atoms with van der Waals surface area (Å²) in [6, 6.07) is 28.7. The summed E-state index contributed by atoms with van der Waals surface area (Å²) < 4.78 is 11.6. The lowest BCUT2D eigenvalue weighted by Crippen LogP contribution is -2.38. The number of fused-ring (bicyclic) bond motifs is 1. The van der Waals surface area contributed by atoms with E-state index in [9.17, 15) is 0 Å². The van der Waals surface area contributed by atoms with E-state index in [1.807, 2.05) is 12.1 Å². The lowest BCUT2D eigenvalue weighted by atomic mass is 9.84. The van der Waals surface area contributed by atoms with Crippen LogP contribution in [0.3, 0.4) is 0 Å². The fourth-order valence-electron chi connectivity index (χ4n) is 5.35. The molecule has 2 fully saturated rings. The molecule has 2 heterocycles. The second-order valence-corrected chi connectivity index (χ2v) is 8.40. The van der Waals surface area contributed by atoms with Crippen molar-refractivity contribution in [1.29, 1.82) is 0 Å². The number of likely N-dealkylation sites (tertiary alicyclic amines) is 1. The molecule has 2 aliphatic rings. The van der Waals surface area contributed by atoms with Gasteiger partial charge in [-0.2, -0.15) is 0 Å². The summed E-state index contributed by atoms with van der Waals surface area (Å²) >= 11 is 0. The molecule has 3 aromatic carbocycles. The molecule has 154 valence electrons. The Balaban J connectivity index is 1.46. The van der Waals surface area contributed by atoms with Crippen LogP contribution in [0.1, 0.15) is 23.5 Å². The first kappa shape index (κ1) is 19.3. The molecule has 3 aromatic rings. The van der Waals surface area contributed by atoms with Gasteiger partial charge in [0.05, 0.1) is 13.7 Å². The van der Waals surface area contributed by atoms with E-state index in [-0.39, 0.29) is 0 Å². The number of rotatable bonds is 5. The number of ether oxygens (including phenoxy) is 2. The van der Waals surface area contributed by atoms with Crippen molar-refractivity contribution in [2.24, 2.45) is 5.92 Å². The molecule has 30 heavy (non-hydrogen) atoms. The average molecular weight is 400 g/mol. The Morgan fingerprint density at radius 2 is 1.63 bits per heavy atom. The van der Waals surface area contributed by atoms with Gasteiger partial charge in [0.15, 0.2) is 0 Å². The Kier molecular flexibility index (Phi) is 5.56. The fraction of sp³-hybridized carbons (Fsp3) is 0.333. The van der Waals surface area contributed by atoms with Gasteiger partial charge in [-0.25, -0.2) is 0 Å². The largest absolute Gasteiger partial charge is 0.496 e. The van der Waals surface area contributed by atoms with Gasteiger partial charge in [-0.15, -0.1) is 0 Å². The first-order chi connectivity index (χ1) is 14.8. The Morgan fingerprint density at radius 3 is 2.47 bits per heavy atom. The maximum Gasteiger partial charge on any atom is 0.126 e. The zero-order valence-corrected chi connectivity index (χ0v) is 17.5. The van der Waals surface area contributed by atoms with E-state index in [2.05, 4.69) is 71.6 Å².